The van der Waals surface area contributed by atoms with Crippen LogP contribution in [0.1, 0.15) is 11.1 Å². The molecule has 2 aromatic carbocycles. The Morgan fingerprint density at radius 2 is 1.95 bits per heavy atom. The third kappa shape index (κ3) is 5.09. The third-order valence-corrected chi connectivity index (χ3v) is 3.16. The molecule has 0 saturated carbocycles. The van der Waals surface area contributed by atoms with Crippen LogP contribution in [0, 0.1) is 5.82 Å². The summed E-state index contributed by atoms with van der Waals surface area (Å²) in [7, 11) is 1.50. The maximum absolute atomic E-state index is 13.4. The summed E-state index contributed by atoms with van der Waals surface area (Å²) in [4.78, 5) is 4.20. The summed E-state index contributed by atoms with van der Waals surface area (Å²) < 4.78 is 18.4. The zero-order valence-corrected chi connectivity index (χ0v) is 12.6. The van der Waals surface area contributed by atoms with E-state index in [2.05, 4.69) is 22.4 Å². The van der Waals surface area contributed by atoms with Gasteiger partial charge in [-0.25, -0.2) is 9.38 Å². The van der Waals surface area contributed by atoms with E-state index in [9.17, 15) is 4.39 Å². The van der Waals surface area contributed by atoms with Gasteiger partial charge in [-0.2, -0.15) is 0 Å². The van der Waals surface area contributed by atoms with Gasteiger partial charge >= 0.3 is 0 Å². The van der Waals surface area contributed by atoms with E-state index in [1.807, 2.05) is 18.2 Å². The molecule has 22 heavy (non-hydrogen) atoms. The molecule has 2 aromatic rings. The van der Waals surface area contributed by atoms with Gasteiger partial charge in [-0.15, -0.1) is 0 Å². The lowest BCUT2D eigenvalue weighted by Gasteiger charge is -2.07. The van der Waals surface area contributed by atoms with Crippen LogP contribution in [0.2, 0.25) is 0 Å². The van der Waals surface area contributed by atoms with Crippen molar-refractivity contribution in [2.24, 2.45) is 10.7 Å². The molecule has 0 aliphatic rings. The first-order valence-electron chi connectivity index (χ1n) is 7.08. The van der Waals surface area contributed by atoms with Crippen molar-refractivity contribution in [2.45, 2.75) is 13.0 Å². The number of ether oxygens (including phenoxy) is 1. The maximum Gasteiger partial charge on any atom is 0.188 e. The number of hydrogen-bond acceptors (Lipinski definition) is 2. The quantitative estimate of drug-likeness (QED) is 0.636. The zero-order chi connectivity index (χ0) is 15.8. The number of nitrogens with one attached hydrogen (secondary N) is 1. The Morgan fingerprint density at radius 1 is 1.18 bits per heavy atom. The van der Waals surface area contributed by atoms with Crippen LogP contribution in [0.4, 0.5) is 4.39 Å². The summed E-state index contributed by atoms with van der Waals surface area (Å²) in [6.07, 6.45) is 0.866. The molecule has 0 radical (unpaired) electrons. The molecule has 4 nitrogen and oxygen atoms in total. The Bertz CT molecular complexity index is 629. The van der Waals surface area contributed by atoms with Gasteiger partial charge in [0.1, 0.15) is 11.6 Å². The van der Waals surface area contributed by atoms with Gasteiger partial charge in [-0.1, -0.05) is 30.3 Å². The summed E-state index contributed by atoms with van der Waals surface area (Å²) in [5, 5.41) is 3.05. The predicted molar refractivity (Wildman–Crippen MR) is 86.4 cm³/mol. The van der Waals surface area contributed by atoms with Crippen LogP contribution in [0.15, 0.2) is 53.5 Å². The van der Waals surface area contributed by atoms with Crippen LogP contribution < -0.4 is 15.8 Å². The average Bonchev–Trinajstić information content (AvgIpc) is 2.53. The highest BCUT2D eigenvalue weighted by atomic mass is 19.1. The lowest BCUT2D eigenvalue weighted by molar-refractivity contribution is 0.410. The lowest BCUT2D eigenvalue weighted by atomic mass is 10.1. The minimum absolute atomic E-state index is 0.304. The number of rotatable bonds is 6. The average molecular weight is 301 g/mol. The van der Waals surface area contributed by atoms with E-state index in [-0.39, 0.29) is 5.82 Å². The topological polar surface area (TPSA) is 59.6 Å². The first-order chi connectivity index (χ1) is 10.7. The molecule has 0 saturated heterocycles. The minimum atomic E-state index is -0.347. The molecule has 0 bridgehead atoms. The predicted octanol–water partition coefficient (Wildman–Crippen LogP) is 2.48. The number of aliphatic imine (C=N–C) groups is 1. The summed E-state index contributed by atoms with van der Waals surface area (Å²) >= 11 is 0. The Kier molecular flexibility index (Phi) is 5.77. The fourth-order valence-corrected chi connectivity index (χ4v) is 2.04. The van der Waals surface area contributed by atoms with Crippen molar-refractivity contribution in [3.05, 3.63) is 65.5 Å². The molecular formula is C17H20FN3O. The second-order valence-corrected chi connectivity index (χ2v) is 4.86. The summed E-state index contributed by atoms with van der Waals surface area (Å²) in [6.45, 7) is 1.00. The molecule has 0 atom stereocenters. The van der Waals surface area contributed by atoms with Crippen LogP contribution >= 0.6 is 0 Å². The van der Waals surface area contributed by atoms with E-state index >= 15 is 0 Å². The number of guanidine groups is 1. The van der Waals surface area contributed by atoms with Gasteiger partial charge in [0.2, 0.25) is 0 Å². The monoisotopic (exact) mass is 301 g/mol. The van der Waals surface area contributed by atoms with Crippen LogP contribution in [-0.4, -0.2) is 19.6 Å². The van der Waals surface area contributed by atoms with Gasteiger partial charge in [-0.05, 0) is 29.7 Å². The van der Waals surface area contributed by atoms with Crippen molar-refractivity contribution in [1.82, 2.24) is 5.32 Å². The largest absolute Gasteiger partial charge is 0.497 e. The molecule has 0 heterocycles. The summed E-state index contributed by atoms with van der Waals surface area (Å²) in [6, 6.07) is 14.6. The Morgan fingerprint density at radius 3 is 2.68 bits per heavy atom. The van der Waals surface area contributed by atoms with E-state index in [1.165, 1.54) is 24.8 Å². The van der Waals surface area contributed by atoms with Gasteiger partial charge in [0.25, 0.3) is 0 Å². The molecule has 5 heteroatoms. The van der Waals surface area contributed by atoms with Crippen molar-refractivity contribution in [3.8, 4) is 5.75 Å². The highest BCUT2D eigenvalue weighted by Gasteiger charge is 2.01. The van der Waals surface area contributed by atoms with E-state index in [1.54, 1.807) is 6.07 Å². The first kappa shape index (κ1) is 15.8. The van der Waals surface area contributed by atoms with Crippen molar-refractivity contribution < 1.29 is 9.13 Å². The number of nitrogens with two attached hydrogens (primary N) is 1. The van der Waals surface area contributed by atoms with Gasteiger partial charge in [0.05, 0.1) is 13.7 Å². The fraction of sp³-hybridized carbons (Fsp3) is 0.235. The standard InChI is InChI=1S/C17H20FN3O/c1-22-16-10-14(9-15(18)11-16)12-21-17(19)20-8-7-13-5-3-2-4-6-13/h2-6,9-11H,7-8,12H2,1H3,(H3,19,20,21). The summed E-state index contributed by atoms with van der Waals surface area (Å²) in [5.74, 6) is 0.472. The fourth-order valence-electron chi connectivity index (χ4n) is 2.04. The second kappa shape index (κ2) is 8.02. The molecule has 116 valence electrons. The minimum Gasteiger partial charge on any atom is -0.497 e. The van der Waals surface area contributed by atoms with Crippen LogP contribution in [-0.2, 0) is 13.0 Å². The molecule has 0 amide bonds. The second-order valence-electron chi connectivity index (χ2n) is 4.86. The first-order valence-corrected chi connectivity index (χ1v) is 7.08. The molecule has 3 N–H and O–H groups in total. The molecule has 2 rings (SSSR count). The molecule has 0 fully saturated rings. The molecule has 0 spiro atoms. The zero-order valence-electron chi connectivity index (χ0n) is 12.6. The van der Waals surface area contributed by atoms with E-state index in [0.717, 1.165) is 6.42 Å². The highest BCUT2D eigenvalue weighted by Crippen LogP contribution is 2.16. The smallest absolute Gasteiger partial charge is 0.188 e. The number of methoxy groups -OCH3 is 1. The molecule has 0 aliphatic carbocycles. The maximum atomic E-state index is 13.4. The molecule has 0 aromatic heterocycles. The highest BCUT2D eigenvalue weighted by molar-refractivity contribution is 5.77. The molecule has 0 unspecified atom stereocenters. The lowest BCUT2D eigenvalue weighted by Crippen LogP contribution is -2.33. The Labute approximate surface area is 129 Å². The van der Waals surface area contributed by atoms with E-state index < -0.39 is 0 Å². The van der Waals surface area contributed by atoms with Crippen LogP contribution in [0.25, 0.3) is 0 Å². The molecule has 0 aliphatic heterocycles. The molecular weight excluding hydrogens is 281 g/mol. The van der Waals surface area contributed by atoms with Crippen molar-refractivity contribution in [1.29, 1.82) is 0 Å². The number of benzene rings is 2. The van der Waals surface area contributed by atoms with Gasteiger partial charge in [0.15, 0.2) is 5.96 Å². The Balaban J connectivity index is 1.83. The number of hydrogen-bond donors (Lipinski definition) is 2. The van der Waals surface area contributed by atoms with Crippen molar-refractivity contribution in [3.63, 3.8) is 0 Å². The number of halogens is 1. The van der Waals surface area contributed by atoms with E-state index in [0.29, 0.717) is 30.4 Å². The van der Waals surface area contributed by atoms with Crippen LogP contribution in [0.3, 0.4) is 0 Å². The Hall–Kier alpha value is -2.56. The van der Waals surface area contributed by atoms with Gasteiger partial charge in [-0.3, -0.25) is 0 Å². The van der Waals surface area contributed by atoms with Crippen LogP contribution in [0.5, 0.6) is 5.75 Å². The van der Waals surface area contributed by atoms with Gasteiger partial charge in [0, 0.05) is 12.6 Å². The van der Waals surface area contributed by atoms with Crippen molar-refractivity contribution >= 4 is 5.96 Å². The number of nitrogens with zero attached hydrogens (tertiary/aromatic N) is 1. The van der Waals surface area contributed by atoms with Crippen molar-refractivity contribution in [2.75, 3.05) is 13.7 Å². The van der Waals surface area contributed by atoms with E-state index in [4.69, 9.17) is 10.5 Å². The summed E-state index contributed by atoms with van der Waals surface area (Å²) in [5.41, 5.74) is 7.75. The third-order valence-electron chi connectivity index (χ3n) is 3.16. The SMILES string of the molecule is COc1cc(F)cc(CN=C(N)NCCc2ccccc2)c1. The normalized spacial score (nSPS) is 11.3. The van der Waals surface area contributed by atoms with Gasteiger partial charge < -0.3 is 15.8 Å².